The van der Waals surface area contributed by atoms with E-state index in [9.17, 15) is 22.4 Å². The summed E-state index contributed by atoms with van der Waals surface area (Å²) in [5.41, 5.74) is 1.30. The third-order valence-electron chi connectivity index (χ3n) is 5.86. The number of thiophene rings is 1. The predicted molar refractivity (Wildman–Crippen MR) is 135 cm³/mol. The second-order valence-corrected chi connectivity index (χ2v) is 11.1. The lowest BCUT2D eigenvalue weighted by molar-refractivity contribution is -0.114. The van der Waals surface area contributed by atoms with Gasteiger partial charge in [-0.15, -0.1) is 11.3 Å². The number of amides is 1. The molecule has 190 valence electrons. The van der Waals surface area contributed by atoms with Gasteiger partial charge in [0.15, 0.2) is 0 Å². The van der Waals surface area contributed by atoms with Crippen LogP contribution in [0.1, 0.15) is 33.6 Å². The monoisotopic (exact) mass is 532 g/mol. The van der Waals surface area contributed by atoms with E-state index in [0.29, 0.717) is 22.7 Å². The number of nitrogens with one attached hydrogen (secondary N) is 1. The number of ether oxygens (including phenoxy) is 2. The van der Waals surface area contributed by atoms with Gasteiger partial charge >= 0.3 is 5.97 Å². The van der Waals surface area contributed by atoms with Gasteiger partial charge in [-0.3, -0.25) is 9.10 Å². The number of anilines is 2. The van der Waals surface area contributed by atoms with Crippen LogP contribution in [0.2, 0.25) is 0 Å². The van der Waals surface area contributed by atoms with Gasteiger partial charge in [0, 0.05) is 4.88 Å². The Kier molecular flexibility index (Phi) is 7.60. The first-order chi connectivity index (χ1) is 17.2. The minimum atomic E-state index is -4.21. The molecule has 3 aromatic rings. The van der Waals surface area contributed by atoms with Gasteiger partial charge in [0.25, 0.3) is 10.0 Å². The molecule has 0 saturated carbocycles. The van der Waals surface area contributed by atoms with Crippen LogP contribution in [0.3, 0.4) is 0 Å². The number of fused-ring (bicyclic) bond motifs is 1. The summed E-state index contributed by atoms with van der Waals surface area (Å²) in [5.74, 6) is -1.28. The maximum atomic E-state index is 13.6. The van der Waals surface area contributed by atoms with Crippen LogP contribution in [0.5, 0.6) is 5.75 Å². The number of nitrogens with zero attached hydrogens (tertiary/aromatic N) is 1. The fourth-order valence-electron chi connectivity index (χ4n) is 4.07. The molecule has 1 amide bonds. The van der Waals surface area contributed by atoms with Gasteiger partial charge in [-0.1, -0.05) is 0 Å². The highest BCUT2D eigenvalue weighted by atomic mass is 32.2. The number of carbonyl (C=O) groups excluding carboxylic acids is 2. The first-order valence-electron chi connectivity index (χ1n) is 11.2. The van der Waals surface area contributed by atoms with E-state index in [-0.39, 0.29) is 10.6 Å². The molecular formula is C25H25FN2O6S2. The van der Waals surface area contributed by atoms with Crippen molar-refractivity contribution >= 4 is 43.9 Å². The third kappa shape index (κ3) is 5.21. The van der Waals surface area contributed by atoms with Crippen molar-refractivity contribution in [3.05, 3.63) is 70.4 Å². The van der Waals surface area contributed by atoms with Crippen LogP contribution in [0, 0.1) is 5.82 Å². The topological polar surface area (TPSA) is 102 Å². The lowest BCUT2D eigenvalue weighted by atomic mass is 9.95. The molecule has 0 aliphatic heterocycles. The fraction of sp³-hybridized carbons (Fsp3) is 0.280. The van der Waals surface area contributed by atoms with Gasteiger partial charge in [0.1, 0.15) is 23.1 Å². The SMILES string of the molecule is COC(=O)c1c(NC(=O)CN(c2ccc(F)cc2)S(=O)(=O)c2ccc(OC)cc2)sc2c1CCCC2. The molecule has 1 heterocycles. The number of carbonyl (C=O) groups is 2. The van der Waals surface area contributed by atoms with Crippen molar-refractivity contribution < 1.29 is 31.9 Å². The molecule has 4 rings (SSSR count). The van der Waals surface area contributed by atoms with Crippen LogP contribution in [0.4, 0.5) is 15.1 Å². The molecule has 8 nitrogen and oxygen atoms in total. The van der Waals surface area contributed by atoms with E-state index in [1.54, 1.807) is 0 Å². The molecule has 0 bridgehead atoms. The average molecular weight is 533 g/mol. The first kappa shape index (κ1) is 25.6. The second-order valence-electron chi connectivity index (χ2n) is 8.12. The van der Waals surface area contributed by atoms with Gasteiger partial charge in [0.05, 0.1) is 30.4 Å². The van der Waals surface area contributed by atoms with Gasteiger partial charge in [-0.2, -0.15) is 0 Å². The van der Waals surface area contributed by atoms with Crippen molar-refractivity contribution in [2.75, 3.05) is 30.4 Å². The summed E-state index contributed by atoms with van der Waals surface area (Å²) in [7, 11) is -1.47. The molecular weight excluding hydrogens is 507 g/mol. The van der Waals surface area contributed by atoms with Crippen molar-refractivity contribution in [3.8, 4) is 5.75 Å². The molecule has 0 radical (unpaired) electrons. The van der Waals surface area contributed by atoms with E-state index in [1.807, 2.05) is 0 Å². The van der Waals surface area contributed by atoms with Crippen molar-refractivity contribution in [3.63, 3.8) is 0 Å². The molecule has 1 aliphatic carbocycles. The highest BCUT2D eigenvalue weighted by Crippen LogP contribution is 2.38. The maximum absolute atomic E-state index is 13.6. The van der Waals surface area contributed by atoms with E-state index >= 15 is 0 Å². The van der Waals surface area contributed by atoms with Gasteiger partial charge in [-0.25, -0.2) is 17.6 Å². The number of aryl methyl sites for hydroxylation is 1. The molecule has 1 N–H and O–H groups in total. The van der Waals surface area contributed by atoms with Crippen LogP contribution < -0.4 is 14.4 Å². The molecule has 0 saturated heterocycles. The average Bonchev–Trinajstić information content (AvgIpc) is 3.25. The number of benzene rings is 2. The van der Waals surface area contributed by atoms with Crippen molar-refractivity contribution in [2.24, 2.45) is 0 Å². The molecule has 2 aromatic carbocycles. The Morgan fingerprint density at radius 1 is 1.03 bits per heavy atom. The largest absolute Gasteiger partial charge is 0.497 e. The molecule has 0 unspecified atom stereocenters. The Balaban J connectivity index is 1.67. The summed E-state index contributed by atoms with van der Waals surface area (Å²) in [6, 6.07) is 10.5. The summed E-state index contributed by atoms with van der Waals surface area (Å²) in [5, 5.41) is 3.05. The molecule has 1 aromatic heterocycles. The van der Waals surface area contributed by atoms with Gasteiger partial charge in [-0.05, 0) is 79.8 Å². The van der Waals surface area contributed by atoms with E-state index in [4.69, 9.17) is 9.47 Å². The highest BCUT2D eigenvalue weighted by Gasteiger charge is 2.30. The second kappa shape index (κ2) is 10.7. The van der Waals surface area contributed by atoms with Crippen LogP contribution in [-0.4, -0.2) is 41.1 Å². The van der Waals surface area contributed by atoms with E-state index < -0.39 is 34.3 Å². The Morgan fingerprint density at radius 3 is 2.33 bits per heavy atom. The lowest BCUT2D eigenvalue weighted by Crippen LogP contribution is -2.38. The molecule has 1 aliphatic rings. The zero-order valence-corrected chi connectivity index (χ0v) is 21.4. The number of methoxy groups -OCH3 is 2. The minimum Gasteiger partial charge on any atom is -0.497 e. The van der Waals surface area contributed by atoms with Gasteiger partial charge in [0.2, 0.25) is 5.91 Å². The summed E-state index contributed by atoms with van der Waals surface area (Å²) in [6.07, 6.45) is 3.42. The smallest absolute Gasteiger partial charge is 0.341 e. The van der Waals surface area contributed by atoms with Crippen molar-refractivity contribution in [1.29, 1.82) is 0 Å². The molecule has 0 atom stereocenters. The summed E-state index contributed by atoms with van der Waals surface area (Å²) in [4.78, 5) is 26.6. The van der Waals surface area contributed by atoms with E-state index in [1.165, 1.54) is 62.0 Å². The maximum Gasteiger partial charge on any atom is 0.341 e. The molecule has 11 heteroatoms. The highest BCUT2D eigenvalue weighted by molar-refractivity contribution is 7.92. The number of esters is 1. The standard InChI is InChI=1S/C25H25FN2O6S2/c1-33-18-11-13-19(14-12-18)36(31,32)28(17-9-7-16(26)8-10-17)15-22(29)27-24-23(25(30)34-2)20-5-3-4-6-21(20)35-24/h7-14H,3-6,15H2,1-2H3,(H,27,29). The number of hydrogen-bond donors (Lipinski definition) is 1. The summed E-state index contributed by atoms with van der Waals surface area (Å²) in [6.45, 7) is -0.594. The van der Waals surface area contributed by atoms with Crippen molar-refractivity contribution in [1.82, 2.24) is 0 Å². The van der Waals surface area contributed by atoms with Gasteiger partial charge < -0.3 is 14.8 Å². The summed E-state index contributed by atoms with van der Waals surface area (Å²) < 4.78 is 51.5. The van der Waals surface area contributed by atoms with Crippen LogP contribution >= 0.6 is 11.3 Å². The zero-order chi connectivity index (χ0) is 25.9. The fourth-order valence-corrected chi connectivity index (χ4v) is 6.78. The number of halogens is 1. The van der Waals surface area contributed by atoms with Crippen LogP contribution in [-0.2, 0) is 32.4 Å². The lowest BCUT2D eigenvalue weighted by Gasteiger charge is -2.24. The third-order valence-corrected chi connectivity index (χ3v) is 8.86. The summed E-state index contributed by atoms with van der Waals surface area (Å²) >= 11 is 1.30. The number of hydrogen-bond acceptors (Lipinski definition) is 7. The van der Waals surface area contributed by atoms with E-state index in [0.717, 1.165) is 46.1 Å². The Bertz CT molecular complexity index is 1370. The number of rotatable bonds is 8. The zero-order valence-electron chi connectivity index (χ0n) is 19.7. The first-order valence-corrected chi connectivity index (χ1v) is 13.5. The minimum absolute atomic E-state index is 0.0673. The Labute approximate surface area is 212 Å². The van der Waals surface area contributed by atoms with Crippen LogP contribution in [0.15, 0.2) is 53.4 Å². The van der Waals surface area contributed by atoms with E-state index in [2.05, 4.69) is 5.32 Å². The molecule has 36 heavy (non-hydrogen) atoms. The quantitative estimate of drug-likeness (QED) is 0.432. The normalized spacial score (nSPS) is 13.0. The predicted octanol–water partition coefficient (Wildman–Crippen LogP) is 4.40. The Morgan fingerprint density at radius 2 is 1.69 bits per heavy atom. The van der Waals surface area contributed by atoms with Crippen molar-refractivity contribution in [2.45, 2.75) is 30.6 Å². The molecule has 0 fully saturated rings. The number of sulfonamides is 1. The molecule has 0 spiro atoms. The Hall–Kier alpha value is -3.44. The van der Waals surface area contributed by atoms with Crippen LogP contribution in [0.25, 0.3) is 0 Å².